The van der Waals surface area contributed by atoms with Crippen LogP contribution in [0.4, 0.5) is 0 Å². The fourth-order valence-corrected chi connectivity index (χ4v) is 2.51. The molecule has 1 aromatic carbocycles. The molecule has 2 rings (SSSR count). The third-order valence-corrected chi connectivity index (χ3v) is 3.63. The maximum atomic E-state index is 6.24. The summed E-state index contributed by atoms with van der Waals surface area (Å²) in [5, 5.41) is 8.57. The molecule has 0 atom stereocenters. The molecule has 108 valence electrons. The topological polar surface area (TPSA) is 29.9 Å². The molecule has 0 aliphatic heterocycles. The summed E-state index contributed by atoms with van der Waals surface area (Å²) in [6, 6.07) is 6.17. The Balaban J connectivity index is 2.54. The van der Waals surface area contributed by atoms with Gasteiger partial charge in [0.2, 0.25) is 0 Å². The van der Waals surface area contributed by atoms with E-state index in [1.165, 1.54) is 5.56 Å². The molecule has 0 fully saturated rings. The fraction of sp³-hybridized carbons (Fsp3) is 0.438. The molecule has 0 bridgehead atoms. The molecule has 1 N–H and O–H groups in total. The van der Waals surface area contributed by atoms with E-state index in [1.807, 2.05) is 24.8 Å². The first-order chi connectivity index (χ1) is 9.32. The van der Waals surface area contributed by atoms with Gasteiger partial charge < -0.3 is 5.32 Å². The summed E-state index contributed by atoms with van der Waals surface area (Å²) in [6.45, 7) is 7.31. The Morgan fingerprint density at radius 1 is 1.30 bits per heavy atom. The second kappa shape index (κ2) is 5.58. The van der Waals surface area contributed by atoms with Gasteiger partial charge >= 0.3 is 0 Å². The third kappa shape index (κ3) is 3.05. The molecule has 0 saturated heterocycles. The Morgan fingerprint density at radius 3 is 2.60 bits per heavy atom. The molecule has 1 aromatic heterocycles. The Morgan fingerprint density at radius 2 is 2.00 bits per heavy atom. The van der Waals surface area contributed by atoms with Gasteiger partial charge in [0.1, 0.15) is 0 Å². The minimum absolute atomic E-state index is 0.0133. The molecule has 2 aromatic rings. The lowest BCUT2D eigenvalue weighted by Gasteiger charge is -2.18. The quantitative estimate of drug-likeness (QED) is 0.933. The number of benzene rings is 1. The highest BCUT2D eigenvalue weighted by Crippen LogP contribution is 2.33. The van der Waals surface area contributed by atoms with Gasteiger partial charge in [-0.1, -0.05) is 38.4 Å². The number of aryl methyl sites for hydroxylation is 1. The van der Waals surface area contributed by atoms with Gasteiger partial charge in [-0.15, -0.1) is 0 Å². The maximum absolute atomic E-state index is 6.24. The van der Waals surface area contributed by atoms with Crippen molar-refractivity contribution >= 4 is 11.6 Å². The highest BCUT2D eigenvalue weighted by Gasteiger charge is 2.23. The molecular weight excluding hydrogens is 270 g/mol. The zero-order valence-electron chi connectivity index (χ0n) is 12.8. The van der Waals surface area contributed by atoms with Gasteiger partial charge in [0.15, 0.2) is 0 Å². The number of hydrogen-bond donors (Lipinski definition) is 1. The number of nitrogens with zero attached hydrogens (tertiary/aromatic N) is 2. The van der Waals surface area contributed by atoms with Crippen LogP contribution < -0.4 is 5.32 Å². The first kappa shape index (κ1) is 15.1. The number of nitrogens with one attached hydrogen (secondary N) is 1. The molecule has 0 aliphatic carbocycles. The van der Waals surface area contributed by atoms with E-state index >= 15 is 0 Å². The minimum atomic E-state index is 0.0133. The van der Waals surface area contributed by atoms with Crippen LogP contribution in [-0.2, 0) is 19.0 Å². The molecule has 4 heteroatoms. The predicted molar refractivity (Wildman–Crippen MR) is 85.1 cm³/mol. The van der Waals surface area contributed by atoms with E-state index in [4.69, 9.17) is 11.6 Å². The third-order valence-electron chi connectivity index (χ3n) is 3.26. The number of hydrogen-bond acceptors (Lipinski definition) is 2. The van der Waals surface area contributed by atoms with Crippen molar-refractivity contribution in [1.29, 1.82) is 0 Å². The summed E-state index contributed by atoms with van der Waals surface area (Å²) in [7, 11) is 3.89. The number of aromatic nitrogens is 2. The van der Waals surface area contributed by atoms with Crippen LogP contribution in [0.25, 0.3) is 11.1 Å². The lowest BCUT2D eigenvalue weighted by Crippen LogP contribution is -2.13. The molecule has 0 amide bonds. The fourth-order valence-electron chi connectivity index (χ4n) is 2.32. The average Bonchev–Trinajstić information content (AvgIpc) is 2.74. The van der Waals surface area contributed by atoms with Crippen LogP contribution in [0.5, 0.6) is 0 Å². The lowest BCUT2D eigenvalue weighted by atomic mass is 9.87. The van der Waals surface area contributed by atoms with E-state index in [0.29, 0.717) is 0 Å². The van der Waals surface area contributed by atoms with Crippen LogP contribution in [0.1, 0.15) is 32.0 Å². The van der Waals surface area contributed by atoms with E-state index in [9.17, 15) is 0 Å². The molecule has 0 saturated carbocycles. The monoisotopic (exact) mass is 291 g/mol. The summed E-state index contributed by atoms with van der Waals surface area (Å²) >= 11 is 6.24. The minimum Gasteiger partial charge on any atom is -0.316 e. The Kier molecular flexibility index (Phi) is 4.21. The zero-order chi connectivity index (χ0) is 14.9. The van der Waals surface area contributed by atoms with Crippen LogP contribution in [0, 0.1) is 0 Å². The first-order valence-electron chi connectivity index (χ1n) is 6.80. The van der Waals surface area contributed by atoms with Gasteiger partial charge in [-0.25, -0.2) is 0 Å². The van der Waals surface area contributed by atoms with Crippen LogP contribution in [0.2, 0.25) is 5.02 Å². The predicted octanol–water partition coefficient (Wildman–Crippen LogP) is 3.76. The molecule has 20 heavy (non-hydrogen) atoms. The van der Waals surface area contributed by atoms with E-state index in [1.54, 1.807) is 0 Å². The number of rotatable bonds is 3. The average molecular weight is 292 g/mol. The SMILES string of the molecule is CNCc1cc(-c2cn(C)nc2C(C)(C)C)ccc1Cl. The number of halogens is 1. The van der Waals surface area contributed by atoms with Gasteiger partial charge in [0.25, 0.3) is 0 Å². The van der Waals surface area contributed by atoms with Crippen molar-refractivity contribution in [3.05, 3.63) is 40.7 Å². The van der Waals surface area contributed by atoms with Crippen molar-refractivity contribution in [1.82, 2.24) is 15.1 Å². The van der Waals surface area contributed by atoms with Crippen molar-refractivity contribution in [2.24, 2.45) is 7.05 Å². The summed E-state index contributed by atoms with van der Waals surface area (Å²) < 4.78 is 1.88. The molecule has 3 nitrogen and oxygen atoms in total. The summed E-state index contributed by atoms with van der Waals surface area (Å²) in [5.74, 6) is 0. The Hall–Kier alpha value is -1.32. The van der Waals surface area contributed by atoms with Crippen molar-refractivity contribution in [3.63, 3.8) is 0 Å². The second-order valence-corrected chi connectivity index (χ2v) is 6.56. The van der Waals surface area contributed by atoms with Crippen LogP contribution in [0.15, 0.2) is 24.4 Å². The van der Waals surface area contributed by atoms with Gasteiger partial charge in [-0.05, 0) is 30.3 Å². The summed E-state index contributed by atoms with van der Waals surface area (Å²) in [6.07, 6.45) is 2.08. The summed E-state index contributed by atoms with van der Waals surface area (Å²) in [5.41, 5.74) is 4.57. The van der Waals surface area contributed by atoms with Crippen molar-refractivity contribution < 1.29 is 0 Å². The molecule has 0 unspecified atom stereocenters. The normalized spacial score (nSPS) is 11.9. The van der Waals surface area contributed by atoms with Gasteiger partial charge in [0, 0.05) is 35.8 Å². The van der Waals surface area contributed by atoms with Gasteiger partial charge in [0.05, 0.1) is 5.69 Å². The highest BCUT2D eigenvalue weighted by atomic mass is 35.5. The maximum Gasteiger partial charge on any atom is 0.0756 e. The van der Waals surface area contributed by atoms with Crippen molar-refractivity contribution in [3.8, 4) is 11.1 Å². The van der Waals surface area contributed by atoms with E-state index in [2.05, 4.69) is 49.5 Å². The van der Waals surface area contributed by atoms with E-state index < -0.39 is 0 Å². The van der Waals surface area contributed by atoms with Crippen LogP contribution >= 0.6 is 11.6 Å². The van der Waals surface area contributed by atoms with E-state index in [-0.39, 0.29) is 5.41 Å². The standard InChI is InChI=1S/C16H22ClN3/c1-16(2,3)15-13(10-20(5)19-15)11-6-7-14(17)12(8-11)9-18-4/h6-8,10,18H,9H2,1-5H3. The smallest absolute Gasteiger partial charge is 0.0756 e. The molecule has 1 heterocycles. The molecule has 0 spiro atoms. The van der Waals surface area contributed by atoms with Crippen LogP contribution in [-0.4, -0.2) is 16.8 Å². The lowest BCUT2D eigenvalue weighted by molar-refractivity contribution is 0.554. The Labute approximate surface area is 126 Å². The zero-order valence-corrected chi connectivity index (χ0v) is 13.5. The van der Waals surface area contributed by atoms with E-state index in [0.717, 1.165) is 28.4 Å². The second-order valence-electron chi connectivity index (χ2n) is 6.15. The largest absolute Gasteiger partial charge is 0.316 e. The van der Waals surface area contributed by atoms with Crippen molar-refractivity contribution in [2.45, 2.75) is 32.7 Å². The van der Waals surface area contributed by atoms with Gasteiger partial charge in [-0.2, -0.15) is 5.10 Å². The molecular formula is C16H22ClN3. The Bertz CT molecular complexity index is 609. The van der Waals surface area contributed by atoms with Gasteiger partial charge in [-0.3, -0.25) is 4.68 Å². The van der Waals surface area contributed by atoms with Crippen LogP contribution in [0.3, 0.4) is 0 Å². The molecule has 0 aliphatic rings. The summed E-state index contributed by atoms with van der Waals surface area (Å²) in [4.78, 5) is 0. The molecule has 0 radical (unpaired) electrons. The highest BCUT2D eigenvalue weighted by molar-refractivity contribution is 6.31. The first-order valence-corrected chi connectivity index (χ1v) is 7.18. The van der Waals surface area contributed by atoms with Crippen molar-refractivity contribution in [2.75, 3.05) is 7.05 Å².